The minimum Gasteiger partial charge on any atom is -0.388 e. The molecule has 1 heterocycles. The SMILES string of the molecule is Cc1c(C(O)C(C)C)cnn1C. The van der Waals surface area contributed by atoms with Crippen molar-refractivity contribution in [1.29, 1.82) is 0 Å². The lowest BCUT2D eigenvalue weighted by Gasteiger charge is -2.13. The van der Waals surface area contributed by atoms with E-state index in [-0.39, 0.29) is 5.92 Å². The smallest absolute Gasteiger partial charge is 0.0846 e. The van der Waals surface area contributed by atoms with Gasteiger partial charge in [-0.3, -0.25) is 4.68 Å². The third-order valence-electron chi connectivity index (χ3n) is 2.22. The second kappa shape index (κ2) is 3.27. The van der Waals surface area contributed by atoms with Gasteiger partial charge in [-0.1, -0.05) is 13.8 Å². The lowest BCUT2D eigenvalue weighted by molar-refractivity contribution is 0.126. The van der Waals surface area contributed by atoms with Gasteiger partial charge in [-0.25, -0.2) is 0 Å². The number of aromatic nitrogens is 2. The molecule has 3 nitrogen and oxygen atoms in total. The van der Waals surface area contributed by atoms with Gasteiger partial charge in [0.05, 0.1) is 12.3 Å². The summed E-state index contributed by atoms with van der Waals surface area (Å²) in [5, 5.41) is 13.8. The van der Waals surface area contributed by atoms with E-state index >= 15 is 0 Å². The number of aliphatic hydroxyl groups is 1. The van der Waals surface area contributed by atoms with Crippen molar-refractivity contribution >= 4 is 0 Å². The van der Waals surface area contributed by atoms with E-state index in [9.17, 15) is 5.11 Å². The maximum absolute atomic E-state index is 9.74. The molecule has 0 bridgehead atoms. The lowest BCUT2D eigenvalue weighted by Crippen LogP contribution is -2.06. The first-order valence-corrected chi connectivity index (χ1v) is 4.20. The molecule has 1 aromatic heterocycles. The Bertz CT molecular complexity index is 265. The van der Waals surface area contributed by atoms with Crippen LogP contribution in [0, 0.1) is 12.8 Å². The molecule has 0 saturated heterocycles. The average Bonchev–Trinajstić information content (AvgIpc) is 2.32. The highest BCUT2D eigenvalue weighted by Crippen LogP contribution is 2.23. The maximum atomic E-state index is 9.74. The van der Waals surface area contributed by atoms with Crippen molar-refractivity contribution in [2.45, 2.75) is 26.9 Å². The van der Waals surface area contributed by atoms with Crippen LogP contribution in [0.25, 0.3) is 0 Å². The Morgan fingerprint density at radius 3 is 2.42 bits per heavy atom. The van der Waals surface area contributed by atoms with Crippen LogP contribution in [0.3, 0.4) is 0 Å². The molecule has 1 unspecified atom stereocenters. The molecule has 0 saturated carbocycles. The van der Waals surface area contributed by atoms with Crippen LogP contribution < -0.4 is 0 Å². The Morgan fingerprint density at radius 2 is 2.08 bits per heavy atom. The Balaban J connectivity index is 2.95. The molecule has 0 aromatic carbocycles. The highest BCUT2D eigenvalue weighted by molar-refractivity contribution is 5.19. The molecule has 3 heteroatoms. The van der Waals surface area contributed by atoms with Gasteiger partial charge in [0.1, 0.15) is 0 Å². The van der Waals surface area contributed by atoms with Crippen LogP contribution in [-0.2, 0) is 7.05 Å². The van der Waals surface area contributed by atoms with Crippen LogP contribution in [0.1, 0.15) is 31.2 Å². The summed E-state index contributed by atoms with van der Waals surface area (Å²) in [6, 6.07) is 0. The minimum absolute atomic E-state index is 0.243. The van der Waals surface area contributed by atoms with Gasteiger partial charge in [-0.15, -0.1) is 0 Å². The van der Waals surface area contributed by atoms with Gasteiger partial charge in [-0.05, 0) is 12.8 Å². The van der Waals surface area contributed by atoms with Crippen molar-refractivity contribution in [2.24, 2.45) is 13.0 Å². The zero-order chi connectivity index (χ0) is 9.30. The van der Waals surface area contributed by atoms with Gasteiger partial charge in [-0.2, -0.15) is 5.10 Å². The molecule has 0 radical (unpaired) electrons. The second-order valence-corrected chi connectivity index (χ2v) is 3.50. The largest absolute Gasteiger partial charge is 0.388 e. The number of hydrogen-bond donors (Lipinski definition) is 1. The van der Waals surface area contributed by atoms with Gasteiger partial charge in [0.25, 0.3) is 0 Å². The van der Waals surface area contributed by atoms with Crippen LogP contribution in [0.15, 0.2) is 6.20 Å². The summed E-state index contributed by atoms with van der Waals surface area (Å²) in [6.45, 7) is 5.96. The van der Waals surface area contributed by atoms with E-state index in [1.165, 1.54) is 0 Å². The minimum atomic E-state index is -0.390. The topological polar surface area (TPSA) is 38.1 Å². The van der Waals surface area contributed by atoms with Crippen molar-refractivity contribution in [1.82, 2.24) is 9.78 Å². The predicted molar refractivity (Wildman–Crippen MR) is 47.7 cm³/mol. The highest BCUT2D eigenvalue weighted by atomic mass is 16.3. The highest BCUT2D eigenvalue weighted by Gasteiger charge is 2.16. The quantitative estimate of drug-likeness (QED) is 0.725. The van der Waals surface area contributed by atoms with Crippen molar-refractivity contribution in [3.63, 3.8) is 0 Å². The molecule has 68 valence electrons. The monoisotopic (exact) mass is 168 g/mol. The number of aliphatic hydroxyl groups excluding tert-OH is 1. The number of aryl methyl sites for hydroxylation is 1. The first-order valence-electron chi connectivity index (χ1n) is 4.20. The van der Waals surface area contributed by atoms with Crippen LogP contribution in [0.2, 0.25) is 0 Å². The van der Waals surface area contributed by atoms with Crippen molar-refractivity contribution < 1.29 is 5.11 Å². The molecular formula is C9H16N2O. The first kappa shape index (κ1) is 9.26. The number of nitrogens with zero attached hydrogens (tertiary/aromatic N) is 2. The molecule has 1 N–H and O–H groups in total. The molecule has 1 atom stereocenters. The van der Waals surface area contributed by atoms with Gasteiger partial charge < -0.3 is 5.11 Å². The van der Waals surface area contributed by atoms with Crippen LogP contribution >= 0.6 is 0 Å². The molecule has 0 aliphatic rings. The number of hydrogen-bond acceptors (Lipinski definition) is 2. The molecule has 0 aliphatic carbocycles. The predicted octanol–water partition coefficient (Wildman–Crippen LogP) is 1.42. The van der Waals surface area contributed by atoms with E-state index in [0.717, 1.165) is 11.3 Å². The van der Waals surface area contributed by atoms with Crippen molar-refractivity contribution in [3.05, 3.63) is 17.5 Å². The maximum Gasteiger partial charge on any atom is 0.0846 e. The van der Waals surface area contributed by atoms with Crippen molar-refractivity contribution in [3.8, 4) is 0 Å². The third kappa shape index (κ3) is 1.50. The van der Waals surface area contributed by atoms with Gasteiger partial charge in [0.2, 0.25) is 0 Å². The summed E-state index contributed by atoms with van der Waals surface area (Å²) < 4.78 is 1.78. The van der Waals surface area contributed by atoms with Crippen LogP contribution in [0.4, 0.5) is 0 Å². The summed E-state index contributed by atoms with van der Waals surface area (Å²) in [6.07, 6.45) is 1.35. The van der Waals surface area contributed by atoms with E-state index in [4.69, 9.17) is 0 Å². The molecule has 0 amide bonds. The summed E-state index contributed by atoms with van der Waals surface area (Å²) in [5.74, 6) is 0.243. The standard InChI is InChI=1S/C9H16N2O/c1-6(2)9(12)8-5-10-11(4)7(8)3/h5-6,9,12H,1-4H3. The molecule has 0 aliphatic heterocycles. The lowest BCUT2D eigenvalue weighted by atomic mass is 10.0. The van der Waals surface area contributed by atoms with E-state index < -0.39 is 6.10 Å². The van der Waals surface area contributed by atoms with Gasteiger partial charge in [0, 0.05) is 18.3 Å². The first-order chi connectivity index (χ1) is 5.54. The summed E-state index contributed by atoms with van der Waals surface area (Å²) in [7, 11) is 1.88. The Morgan fingerprint density at radius 1 is 1.50 bits per heavy atom. The summed E-state index contributed by atoms with van der Waals surface area (Å²) >= 11 is 0. The fraction of sp³-hybridized carbons (Fsp3) is 0.667. The van der Waals surface area contributed by atoms with Crippen molar-refractivity contribution in [2.75, 3.05) is 0 Å². The van der Waals surface area contributed by atoms with Crippen LogP contribution in [-0.4, -0.2) is 14.9 Å². The van der Waals surface area contributed by atoms with E-state index in [2.05, 4.69) is 5.10 Å². The number of rotatable bonds is 2. The molecule has 12 heavy (non-hydrogen) atoms. The van der Waals surface area contributed by atoms with E-state index in [0.29, 0.717) is 0 Å². The van der Waals surface area contributed by atoms with Gasteiger partial charge >= 0.3 is 0 Å². The van der Waals surface area contributed by atoms with E-state index in [1.54, 1.807) is 10.9 Å². The fourth-order valence-electron chi connectivity index (χ4n) is 1.17. The fourth-order valence-corrected chi connectivity index (χ4v) is 1.17. The Kier molecular flexibility index (Phi) is 2.52. The molecular weight excluding hydrogens is 152 g/mol. The molecule has 0 fully saturated rings. The molecule has 1 rings (SSSR count). The normalized spacial score (nSPS) is 13.8. The Labute approximate surface area is 73.0 Å². The van der Waals surface area contributed by atoms with E-state index in [1.807, 2.05) is 27.8 Å². The zero-order valence-corrected chi connectivity index (χ0v) is 8.07. The summed E-state index contributed by atoms with van der Waals surface area (Å²) in [4.78, 5) is 0. The molecule has 1 aromatic rings. The third-order valence-corrected chi connectivity index (χ3v) is 2.22. The Hall–Kier alpha value is -0.830. The summed E-state index contributed by atoms with van der Waals surface area (Å²) in [5.41, 5.74) is 1.98. The molecule has 0 spiro atoms. The average molecular weight is 168 g/mol. The zero-order valence-electron chi connectivity index (χ0n) is 8.07. The van der Waals surface area contributed by atoms with Gasteiger partial charge in [0.15, 0.2) is 0 Å². The second-order valence-electron chi connectivity index (χ2n) is 3.50. The van der Waals surface area contributed by atoms with Crippen LogP contribution in [0.5, 0.6) is 0 Å².